The molecule has 0 saturated carbocycles. The number of aromatic nitrogens is 2. The summed E-state index contributed by atoms with van der Waals surface area (Å²) in [7, 11) is 1.13. The van der Waals surface area contributed by atoms with Crippen molar-refractivity contribution in [3.05, 3.63) is 23.4 Å². The molecule has 0 bridgehead atoms. The second-order valence-corrected chi connectivity index (χ2v) is 9.76. The molecule has 3 rings (SSSR count). The van der Waals surface area contributed by atoms with Crippen LogP contribution in [0.1, 0.15) is 18.7 Å². The van der Waals surface area contributed by atoms with Gasteiger partial charge in [-0.15, -0.1) is 11.3 Å². The summed E-state index contributed by atoms with van der Waals surface area (Å²) in [6, 6.07) is 3.80. The fraction of sp³-hybridized carbons (Fsp3) is 0.562. The Morgan fingerprint density at radius 1 is 1.41 bits per heavy atom. The molecule has 1 aliphatic heterocycles. The van der Waals surface area contributed by atoms with E-state index >= 15 is 0 Å². The van der Waals surface area contributed by atoms with Crippen LogP contribution in [-0.4, -0.2) is 72.2 Å². The van der Waals surface area contributed by atoms with E-state index in [2.05, 4.69) is 10.1 Å². The molecule has 1 atom stereocenters. The van der Waals surface area contributed by atoms with Crippen LogP contribution in [0.15, 0.2) is 22.0 Å². The Bertz CT molecular complexity index is 879. The number of hydrogen-bond donors (Lipinski definition) is 0. The van der Waals surface area contributed by atoms with Crippen molar-refractivity contribution < 1.29 is 17.7 Å². The van der Waals surface area contributed by atoms with Gasteiger partial charge in [0.1, 0.15) is 0 Å². The minimum atomic E-state index is -3.52. The Morgan fingerprint density at radius 2 is 2.19 bits per heavy atom. The van der Waals surface area contributed by atoms with E-state index in [0.717, 1.165) is 4.88 Å². The largest absolute Gasteiger partial charge is 0.337 e. The van der Waals surface area contributed by atoms with Crippen LogP contribution in [0.25, 0.3) is 10.7 Å². The number of thiophene rings is 1. The fourth-order valence-electron chi connectivity index (χ4n) is 3.00. The van der Waals surface area contributed by atoms with Crippen LogP contribution in [0, 0.1) is 5.92 Å². The molecule has 0 radical (unpaired) electrons. The van der Waals surface area contributed by atoms with E-state index in [4.69, 9.17) is 4.52 Å². The van der Waals surface area contributed by atoms with Crippen molar-refractivity contribution in [1.82, 2.24) is 23.7 Å². The summed E-state index contributed by atoms with van der Waals surface area (Å²) in [5.74, 6) is 0.354. The van der Waals surface area contributed by atoms with Gasteiger partial charge in [-0.3, -0.25) is 4.79 Å². The van der Waals surface area contributed by atoms with Gasteiger partial charge in [0.05, 0.1) is 17.3 Å². The van der Waals surface area contributed by atoms with Gasteiger partial charge in [-0.1, -0.05) is 11.2 Å². The molecule has 1 amide bonds. The van der Waals surface area contributed by atoms with Gasteiger partial charge in [0.25, 0.3) is 10.2 Å². The van der Waals surface area contributed by atoms with Crippen molar-refractivity contribution in [2.24, 2.45) is 5.92 Å². The van der Waals surface area contributed by atoms with Crippen LogP contribution >= 0.6 is 11.3 Å². The summed E-state index contributed by atoms with van der Waals surface area (Å²) in [5, 5.41) is 5.87. The summed E-state index contributed by atoms with van der Waals surface area (Å²) in [4.78, 5) is 19.5. The normalized spacial score (nSPS) is 18.7. The maximum absolute atomic E-state index is 12.8. The van der Waals surface area contributed by atoms with Crippen LogP contribution < -0.4 is 0 Å². The van der Waals surface area contributed by atoms with Gasteiger partial charge >= 0.3 is 0 Å². The minimum absolute atomic E-state index is 0.121. The van der Waals surface area contributed by atoms with Crippen molar-refractivity contribution in [2.45, 2.75) is 19.4 Å². The second kappa shape index (κ2) is 8.05. The maximum Gasteiger partial charge on any atom is 0.281 e. The predicted molar refractivity (Wildman–Crippen MR) is 101 cm³/mol. The molecule has 0 N–H and O–H groups in total. The van der Waals surface area contributed by atoms with Crippen molar-refractivity contribution >= 4 is 27.5 Å². The van der Waals surface area contributed by atoms with E-state index in [9.17, 15) is 13.2 Å². The van der Waals surface area contributed by atoms with Gasteiger partial charge in [0.15, 0.2) is 0 Å². The zero-order chi connectivity index (χ0) is 19.6. The number of amides is 1. The smallest absolute Gasteiger partial charge is 0.281 e. The van der Waals surface area contributed by atoms with Crippen molar-refractivity contribution in [1.29, 1.82) is 0 Å². The topological polar surface area (TPSA) is 99.9 Å². The molecule has 1 aliphatic rings. The third-order valence-corrected chi connectivity index (χ3v) is 7.25. The number of carbonyl (C=O) groups excluding carboxylic acids is 1. The van der Waals surface area contributed by atoms with Crippen LogP contribution in [0.5, 0.6) is 0 Å². The first-order valence-corrected chi connectivity index (χ1v) is 10.9. The molecule has 1 fully saturated rings. The Labute approximate surface area is 162 Å². The predicted octanol–water partition coefficient (Wildman–Crippen LogP) is 1.27. The SMILES string of the molecule is CN(Cc1nc(-c2cccs2)no1)C(=O)[C@@H]1CCCN(S(=O)(=O)N(C)C)C1. The second-order valence-electron chi connectivity index (χ2n) is 6.67. The number of hydrogen-bond acceptors (Lipinski definition) is 7. The summed E-state index contributed by atoms with van der Waals surface area (Å²) < 4.78 is 32.4. The third kappa shape index (κ3) is 4.37. The molecule has 0 aliphatic carbocycles. The van der Waals surface area contributed by atoms with Crippen LogP contribution in [0.3, 0.4) is 0 Å². The number of rotatable bonds is 6. The molecular weight excluding hydrogens is 390 g/mol. The third-order valence-electron chi connectivity index (χ3n) is 4.48. The molecule has 0 spiro atoms. The Hall–Kier alpha value is -1.82. The monoisotopic (exact) mass is 413 g/mol. The highest BCUT2D eigenvalue weighted by atomic mass is 32.2. The molecule has 2 aromatic rings. The standard InChI is InChI=1S/C16H23N5O4S2/c1-19(2)27(23,24)21-8-4-6-12(10-21)16(22)20(3)11-14-17-15(18-25-14)13-7-5-9-26-13/h5,7,9,12H,4,6,8,10-11H2,1-3H3/t12-/m1/s1. The Kier molecular flexibility index (Phi) is 5.94. The molecule has 9 nitrogen and oxygen atoms in total. The van der Waals surface area contributed by atoms with Crippen LogP contribution in [0.4, 0.5) is 0 Å². The van der Waals surface area contributed by atoms with Crippen molar-refractivity contribution in [3.63, 3.8) is 0 Å². The van der Waals surface area contributed by atoms with Crippen LogP contribution in [-0.2, 0) is 21.5 Å². The average Bonchev–Trinajstić information content (AvgIpc) is 3.32. The van der Waals surface area contributed by atoms with Crippen molar-refractivity contribution in [3.8, 4) is 10.7 Å². The van der Waals surface area contributed by atoms with E-state index in [1.807, 2.05) is 17.5 Å². The first kappa shape index (κ1) is 19.9. The lowest BCUT2D eigenvalue weighted by Crippen LogP contribution is -2.49. The van der Waals surface area contributed by atoms with Gasteiger partial charge in [0, 0.05) is 34.2 Å². The lowest BCUT2D eigenvalue weighted by Gasteiger charge is -2.34. The van der Waals surface area contributed by atoms with Gasteiger partial charge < -0.3 is 9.42 Å². The minimum Gasteiger partial charge on any atom is -0.337 e. The molecule has 2 aromatic heterocycles. The van der Waals surface area contributed by atoms with E-state index < -0.39 is 10.2 Å². The van der Waals surface area contributed by atoms with Gasteiger partial charge in [-0.05, 0) is 24.3 Å². The lowest BCUT2D eigenvalue weighted by atomic mass is 9.98. The summed E-state index contributed by atoms with van der Waals surface area (Å²) in [6.45, 7) is 0.809. The Balaban J connectivity index is 1.63. The summed E-state index contributed by atoms with van der Waals surface area (Å²) in [5.41, 5.74) is 0. The van der Waals surface area contributed by atoms with E-state index in [1.165, 1.54) is 38.9 Å². The van der Waals surface area contributed by atoms with E-state index in [-0.39, 0.29) is 24.9 Å². The fourth-order valence-corrected chi connectivity index (χ4v) is 4.84. The van der Waals surface area contributed by atoms with Gasteiger partial charge in [0.2, 0.25) is 17.6 Å². The molecule has 3 heterocycles. The zero-order valence-electron chi connectivity index (χ0n) is 15.5. The number of piperidine rings is 1. The maximum atomic E-state index is 12.8. The first-order valence-electron chi connectivity index (χ1n) is 8.58. The molecule has 11 heteroatoms. The van der Waals surface area contributed by atoms with Gasteiger partial charge in [-0.2, -0.15) is 22.0 Å². The first-order chi connectivity index (χ1) is 12.8. The highest BCUT2D eigenvalue weighted by molar-refractivity contribution is 7.86. The number of carbonyl (C=O) groups is 1. The molecule has 148 valence electrons. The summed E-state index contributed by atoms with van der Waals surface area (Å²) in [6.07, 6.45) is 1.31. The molecule has 27 heavy (non-hydrogen) atoms. The highest BCUT2D eigenvalue weighted by Crippen LogP contribution is 2.24. The lowest BCUT2D eigenvalue weighted by molar-refractivity contribution is -0.136. The average molecular weight is 414 g/mol. The zero-order valence-corrected chi connectivity index (χ0v) is 17.2. The molecule has 0 unspecified atom stereocenters. The van der Waals surface area contributed by atoms with Crippen molar-refractivity contribution in [2.75, 3.05) is 34.2 Å². The molecule has 0 aromatic carbocycles. The van der Waals surface area contributed by atoms with Crippen LogP contribution in [0.2, 0.25) is 0 Å². The number of nitrogens with zero attached hydrogens (tertiary/aromatic N) is 5. The molecule has 1 saturated heterocycles. The molecular formula is C16H23N5O4S2. The quantitative estimate of drug-likeness (QED) is 0.707. The summed E-state index contributed by atoms with van der Waals surface area (Å²) >= 11 is 1.51. The highest BCUT2D eigenvalue weighted by Gasteiger charge is 2.34. The van der Waals surface area contributed by atoms with E-state index in [0.29, 0.717) is 31.1 Å². The Morgan fingerprint density at radius 3 is 2.85 bits per heavy atom. The van der Waals surface area contributed by atoms with Gasteiger partial charge in [-0.25, -0.2) is 0 Å². The van der Waals surface area contributed by atoms with E-state index in [1.54, 1.807) is 7.05 Å².